The number of rotatable bonds is 4. The van der Waals surface area contributed by atoms with Crippen LogP contribution in [-0.2, 0) is 11.3 Å². The summed E-state index contributed by atoms with van der Waals surface area (Å²) in [6, 6.07) is 6.26. The van der Waals surface area contributed by atoms with Gasteiger partial charge in [-0.1, -0.05) is 12.1 Å². The largest absolute Gasteiger partial charge is 0.326 e. The van der Waals surface area contributed by atoms with E-state index in [9.17, 15) is 4.79 Å². The zero-order chi connectivity index (χ0) is 15.4. The summed E-state index contributed by atoms with van der Waals surface area (Å²) in [5, 5.41) is 6.38. The summed E-state index contributed by atoms with van der Waals surface area (Å²) in [6.07, 6.45) is 0.940. The van der Waals surface area contributed by atoms with Gasteiger partial charge in [0.2, 0.25) is 5.91 Å². The van der Waals surface area contributed by atoms with Crippen molar-refractivity contribution in [2.45, 2.75) is 19.9 Å². The summed E-state index contributed by atoms with van der Waals surface area (Å²) in [6.45, 7) is 7.18. The summed E-state index contributed by atoms with van der Waals surface area (Å²) < 4.78 is 0. The molecule has 4 nitrogen and oxygen atoms in total. The third kappa shape index (κ3) is 3.83. The van der Waals surface area contributed by atoms with Crippen molar-refractivity contribution in [3.8, 4) is 0 Å². The number of hydrogen-bond acceptors (Lipinski definition) is 4. The number of hydrogen-bond donors (Lipinski definition) is 2. The molecule has 5 heteroatoms. The quantitative estimate of drug-likeness (QED) is 0.892. The normalized spacial score (nSPS) is 22.7. The summed E-state index contributed by atoms with van der Waals surface area (Å²) in [4.78, 5) is 14.8. The Morgan fingerprint density at radius 1 is 1.41 bits per heavy atom. The van der Waals surface area contributed by atoms with Crippen molar-refractivity contribution in [3.63, 3.8) is 0 Å². The van der Waals surface area contributed by atoms with Gasteiger partial charge >= 0.3 is 0 Å². The van der Waals surface area contributed by atoms with Gasteiger partial charge in [-0.3, -0.25) is 9.69 Å². The number of carbonyl (C=O) groups excluding carboxylic acids is 1. The lowest BCUT2D eigenvalue weighted by Gasteiger charge is -2.27. The standard InChI is InChI=1S/C17H25N3OS/c1-13-15(12-20-7-9-22-10-8-20)3-2-4-16(13)19-17(21)14-5-6-18-11-14/h2-4,14,18H,5-12H2,1H3,(H,19,21). The summed E-state index contributed by atoms with van der Waals surface area (Å²) in [5.41, 5.74) is 3.51. The molecule has 2 saturated heterocycles. The summed E-state index contributed by atoms with van der Waals surface area (Å²) in [5.74, 6) is 2.72. The highest BCUT2D eigenvalue weighted by molar-refractivity contribution is 7.99. The van der Waals surface area contributed by atoms with Crippen LogP contribution in [0.1, 0.15) is 17.5 Å². The van der Waals surface area contributed by atoms with Crippen LogP contribution in [0.15, 0.2) is 18.2 Å². The molecule has 2 aliphatic rings. The molecule has 0 radical (unpaired) electrons. The molecule has 1 unspecified atom stereocenters. The molecule has 1 atom stereocenters. The second-order valence-corrected chi connectivity index (χ2v) is 7.38. The van der Waals surface area contributed by atoms with Crippen molar-refractivity contribution in [2.24, 2.45) is 5.92 Å². The van der Waals surface area contributed by atoms with Crippen LogP contribution in [0.3, 0.4) is 0 Å². The van der Waals surface area contributed by atoms with E-state index in [4.69, 9.17) is 0 Å². The smallest absolute Gasteiger partial charge is 0.228 e. The first kappa shape index (κ1) is 15.8. The maximum atomic E-state index is 12.3. The Labute approximate surface area is 137 Å². The van der Waals surface area contributed by atoms with E-state index in [1.54, 1.807) is 0 Å². The minimum Gasteiger partial charge on any atom is -0.326 e. The van der Waals surface area contributed by atoms with Crippen LogP contribution in [0.5, 0.6) is 0 Å². The van der Waals surface area contributed by atoms with Crippen molar-refractivity contribution in [2.75, 3.05) is 43.0 Å². The van der Waals surface area contributed by atoms with Crippen molar-refractivity contribution < 1.29 is 4.79 Å². The Bertz CT molecular complexity index is 523. The molecule has 22 heavy (non-hydrogen) atoms. The van der Waals surface area contributed by atoms with E-state index in [1.807, 2.05) is 17.8 Å². The first-order valence-electron chi connectivity index (χ1n) is 8.14. The van der Waals surface area contributed by atoms with Gasteiger partial charge in [-0.15, -0.1) is 0 Å². The molecule has 2 N–H and O–H groups in total. The second-order valence-electron chi connectivity index (χ2n) is 6.16. The Morgan fingerprint density at radius 3 is 2.95 bits per heavy atom. The first-order chi connectivity index (χ1) is 10.7. The predicted octanol–water partition coefficient (Wildman–Crippen LogP) is 2.09. The van der Waals surface area contributed by atoms with Gasteiger partial charge in [-0.05, 0) is 37.1 Å². The Hall–Kier alpha value is -1.04. The third-order valence-corrected chi connectivity index (χ3v) is 5.58. The van der Waals surface area contributed by atoms with Gasteiger partial charge in [0.1, 0.15) is 0 Å². The molecular formula is C17H25N3OS. The minimum absolute atomic E-state index is 0.113. The molecule has 2 fully saturated rings. The summed E-state index contributed by atoms with van der Waals surface area (Å²) in [7, 11) is 0. The predicted molar refractivity (Wildman–Crippen MR) is 93.4 cm³/mol. The van der Waals surface area contributed by atoms with E-state index in [2.05, 4.69) is 34.6 Å². The number of benzene rings is 1. The molecule has 2 heterocycles. The van der Waals surface area contributed by atoms with E-state index < -0.39 is 0 Å². The lowest BCUT2D eigenvalue weighted by Crippen LogP contribution is -2.32. The van der Waals surface area contributed by atoms with Crippen LogP contribution in [0, 0.1) is 12.8 Å². The van der Waals surface area contributed by atoms with Gasteiger partial charge in [0, 0.05) is 43.4 Å². The van der Waals surface area contributed by atoms with Crippen LogP contribution in [0.2, 0.25) is 0 Å². The number of thioether (sulfide) groups is 1. The van der Waals surface area contributed by atoms with Crippen molar-refractivity contribution in [1.82, 2.24) is 10.2 Å². The van der Waals surface area contributed by atoms with Crippen molar-refractivity contribution >= 4 is 23.4 Å². The Kier molecular flexibility index (Phi) is 5.39. The fourth-order valence-electron chi connectivity index (χ4n) is 3.10. The monoisotopic (exact) mass is 319 g/mol. The van der Waals surface area contributed by atoms with Gasteiger partial charge in [0.25, 0.3) is 0 Å². The SMILES string of the molecule is Cc1c(CN2CCSCC2)cccc1NC(=O)C1CCNC1. The molecule has 0 saturated carbocycles. The number of nitrogens with zero attached hydrogens (tertiary/aromatic N) is 1. The second kappa shape index (κ2) is 7.49. The van der Waals surface area contributed by atoms with Crippen molar-refractivity contribution in [3.05, 3.63) is 29.3 Å². The zero-order valence-corrected chi connectivity index (χ0v) is 14.0. The molecule has 120 valence electrons. The maximum absolute atomic E-state index is 12.3. The third-order valence-electron chi connectivity index (χ3n) is 4.63. The molecule has 1 aromatic carbocycles. The highest BCUT2D eigenvalue weighted by Crippen LogP contribution is 2.23. The first-order valence-corrected chi connectivity index (χ1v) is 9.29. The Balaban J connectivity index is 1.66. The molecule has 0 spiro atoms. The topological polar surface area (TPSA) is 44.4 Å². The fourth-order valence-corrected chi connectivity index (χ4v) is 4.08. The number of nitrogens with one attached hydrogen (secondary N) is 2. The van der Waals surface area contributed by atoms with Crippen LogP contribution in [-0.4, -0.2) is 48.5 Å². The van der Waals surface area contributed by atoms with Crippen LogP contribution >= 0.6 is 11.8 Å². The van der Waals surface area contributed by atoms with Crippen LogP contribution in [0.25, 0.3) is 0 Å². The molecule has 1 aromatic rings. The summed E-state index contributed by atoms with van der Waals surface area (Å²) >= 11 is 2.03. The number of carbonyl (C=O) groups is 1. The van der Waals surface area contributed by atoms with E-state index in [-0.39, 0.29) is 11.8 Å². The molecule has 0 bridgehead atoms. The van der Waals surface area contributed by atoms with E-state index in [1.165, 1.54) is 22.6 Å². The average Bonchev–Trinajstić information content (AvgIpc) is 3.07. The van der Waals surface area contributed by atoms with E-state index >= 15 is 0 Å². The number of amides is 1. The van der Waals surface area contributed by atoms with Crippen molar-refractivity contribution in [1.29, 1.82) is 0 Å². The lowest BCUT2D eigenvalue weighted by molar-refractivity contribution is -0.119. The van der Waals surface area contributed by atoms with Gasteiger partial charge in [-0.2, -0.15) is 11.8 Å². The number of anilines is 1. The molecule has 2 aliphatic heterocycles. The highest BCUT2D eigenvalue weighted by atomic mass is 32.2. The lowest BCUT2D eigenvalue weighted by atomic mass is 10.0. The minimum atomic E-state index is 0.113. The van der Waals surface area contributed by atoms with Gasteiger partial charge in [0.15, 0.2) is 0 Å². The molecule has 0 aromatic heterocycles. The van der Waals surface area contributed by atoms with Gasteiger partial charge < -0.3 is 10.6 Å². The fraction of sp³-hybridized carbons (Fsp3) is 0.588. The van der Waals surface area contributed by atoms with Crippen LogP contribution in [0.4, 0.5) is 5.69 Å². The molecular weight excluding hydrogens is 294 g/mol. The Morgan fingerprint density at radius 2 is 2.23 bits per heavy atom. The molecule has 0 aliphatic carbocycles. The average molecular weight is 319 g/mol. The maximum Gasteiger partial charge on any atom is 0.228 e. The van der Waals surface area contributed by atoms with E-state index in [0.717, 1.165) is 44.8 Å². The van der Waals surface area contributed by atoms with E-state index in [0.29, 0.717) is 0 Å². The molecule has 3 rings (SSSR count). The zero-order valence-electron chi connectivity index (χ0n) is 13.2. The van der Waals surface area contributed by atoms with Gasteiger partial charge in [0.05, 0.1) is 5.92 Å². The van der Waals surface area contributed by atoms with Crippen LogP contribution < -0.4 is 10.6 Å². The van der Waals surface area contributed by atoms with Gasteiger partial charge in [-0.25, -0.2) is 0 Å². The highest BCUT2D eigenvalue weighted by Gasteiger charge is 2.23. The molecule has 1 amide bonds.